The van der Waals surface area contributed by atoms with E-state index >= 15 is 0 Å². The quantitative estimate of drug-likeness (QED) is 0.785. The Bertz CT molecular complexity index is 289. The number of rotatable bonds is 3. The van der Waals surface area contributed by atoms with Gasteiger partial charge in [-0.1, -0.05) is 6.07 Å². The maximum Gasteiger partial charge on any atom is 0.387 e. The van der Waals surface area contributed by atoms with Gasteiger partial charge in [0.1, 0.15) is 5.75 Å². The molecule has 0 unspecified atom stereocenters. The van der Waals surface area contributed by atoms with Crippen LogP contribution in [-0.4, -0.2) is 13.7 Å². The molecular weight excluding hydrogens is 176 g/mol. The normalized spacial score (nSPS) is 10.2. The average molecular weight is 187 g/mol. The van der Waals surface area contributed by atoms with E-state index in [1.807, 2.05) is 0 Å². The van der Waals surface area contributed by atoms with Gasteiger partial charge in [0.05, 0.1) is 0 Å². The fourth-order valence-electron chi connectivity index (χ4n) is 1.11. The molecule has 13 heavy (non-hydrogen) atoms. The highest BCUT2D eigenvalue weighted by Crippen LogP contribution is 2.26. The summed E-state index contributed by atoms with van der Waals surface area (Å²) in [6.07, 6.45) is 0. The molecule has 0 aliphatic rings. The molecule has 0 bridgehead atoms. The first-order chi connectivity index (χ1) is 6.15. The molecule has 0 fully saturated rings. The first kappa shape index (κ1) is 9.77. The lowest BCUT2D eigenvalue weighted by atomic mass is 10.2. The molecule has 1 aromatic rings. The van der Waals surface area contributed by atoms with Crippen molar-refractivity contribution in [3.8, 4) is 5.75 Å². The maximum absolute atomic E-state index is 11.9. The van der Waals surface area contributed by atoms with Crippen molar-refractivity contribution in [1.29, 1.82) is 0 Å². The lowest BCUT2D eigenvalue weighted by Crippen LogP contribution is -2.04. The number of halogens is 2. The molecule has 4 heteroatoms. The molecule has 0 saturated heterocycles. The number of anilines is 1. The van der Waals surface area contributed by atoms with Gasteiger partial charge >= 0.3 is 6.61 Å². The number of benzene rings is 1. The van der Waals surface area contributed by atoms with Crippen LogP contribution >= 0.6 is 0 Å². The summed E-state index contributed by atoms with van der Waals surface area (Å²) in [7, 11) is 1.73. The summed E-state index contributed by atoms with van der Waals surface area (Å²) in [5.74, 6) is 0.210. The van der Waals surface area contributed by atoms with Crippen molar-refractivity contribution < 1.29 is 13.5 Å². The lowest BCUT2D eigenvalue weighted by Gasteiger charge is -2.11. The highest BCUT2D eigenvalue weighted by atomic mass is 19.3. The Labute approximate surface area is 75.5 Å². The third-order valence-corrected chi connectivity index (χ3v) is 1.77. The molecule has 0 amide bonds. The van der Waals surface area contributed by atoms with E-state index in [-0.39, 0.29) is 5.75 Å². The number of hydrogen-bond acceptors (Lipinski definition) is 2. The standard InChI is InChI=1S/C9H11F2NO/c1-6-7(12-2)4-3-5-8(6)13-9(10)11/h3-5,9,12H,1-2H3. The molecule has 0 heterocycles. The highest BCUT2D eigenvalue weighted by Gasteiger charge is 2.08. The average Bonchev–Trinajstić information content (AvgIpc) is 2.08. The molecule has 0 spiro atoms. The minimum Gasteiger partial charge on any atom is -0.434 e. The number of alkyl halides is 2. The number of ether oxygens (including phenoxy) is 1. The van der Waals surface area contributed by atoms with Gasteiger partial charge in [-0.15, -0.1) is 0 Å². The lowest BCUT2D eigenvalue weighted by molar-refractivity contribution is -0.0502. The van der Waals surface area contributed by atoms with Crippen LogP contribution in [0.4, 0.5) is 14.5 Å². The zero-order chi connectivity index (χ0) is 9.84. The predicted molar refractivity (Wildman–Crippen MR) is 47.4 cm³/mol. The van der Waals surface area contributed by atoms with Gasteiger partial charge in [0, 0.05) is 18.3 Å². The van der Waals surface area contributed by atoms with E-state index in [2.05, 4.69) is 10.1 Å². The van der Waals surface area contributed by atoms with Crippen LogP contribution in [0.2, 0.25) is 0 Å². The Kier molecular flexibility index (Phi) is 3.06. The van der Waals surface area contributed by atoms with E-state index < -0.39 is 6.61 Å². The van der Waals surface area contributed by atoms with Gasteiger partial charge < -0.3 is 10.1 Å². The molecule has 1 aromatic carbocycles. The summed E-state index contributed by atoms with van der Waals surface area (Å²) in [5, 5.41) is 2.88. The first-order valence-corrected chi connectivity index (χ1v) is 3.87. The van der Waals surface area contributed by atoms with E-state index in [0.717, 1.165) is 5.69 Å². The molecule has 1 N–H and O–H groups in total. The molecule has 0 aliphatic heterocycles. The van der Waals surface area contributed by atoms with Crippen molar-refractivity contribution in [2.75, 3.05) is 12.4 Å². The molecule has 0 saturated carbocycles. The Hall–Kier alpha value is -1.32. The van der Waals surface area contributed by atoms with Crippen molar-refractivity contribution in [1.82, 2.24) is 0 Å². The fraction of sp³-hybridized carbons (Fsp3) is 0.333. The van der Waals surface area contributed by atoms with Crippen molar-refractivity contribution in [2.45, 2.75) is 13.5 Å². The predicted octanol–water partition coefficient (Wildman–Crippen LogP) is 2.64. The smallest absolute Gasteiger partial charge is 0.387 e. The highest BCUT2D eigenvalue weighted by molar-refractivity contribution is 5.56. The Balaban J connectivity index is 2.94. The van der Waals surface area contributed by atoms with E-state index in [0.29, 0.717) is 5.56 Å². The van der Waals surface area contributed by atoms with E-state index in [9.17, 15) is 8.78 Å². The van der Waals surface area contributed by atoms with Gasteiger partial charge in [0.15, 0.2) is 0 Å². The van der Waals surface area contributed by atoms with Crippen LogP contribution < -0.4 is 10.1 Å². The van der Waals surface area contributed by atoms with Gasteiger partial charge in [-0.25, -0.2) is 0 Å². The fourth-order valence-corrected chi connectivity index (χ4v) is 1.11. The van der Waals surface area contributed by atoms with Crippen LogP contribution in [0, 0.1) is 6.92 Å². The molecule has 0 radical (unpaired) electrons. The third kappa shape index (κ3) is 2.31. The second-order valence-corrected chi connectivity index (χ2v) is 2.56. The van der Waals surface area contributed by atoms with E-state index in [1.165, 1.54) is 6.07 Å². The van der Waals surface area contributed by atoms with Gasteiger partial charge in [0.2, 0.25) is 0 Å². The monoisotopic (exact) mass is 187 g/mol. The molecular formula is C9H11F2NO. The van der Waals surface area contributed by atoms with Gasteiger partial charge in [-0.2, -0.15) is 8.78 Å². The van der Waals surface area contributed by atoms with Crippen LogP contribution in [0.5, 0.6) is 5.75 Å². The first-order valence-electron chi connectivity index (χ1n) is 3.87. The molecule has 2 nitrogen and oxygen atoms in total. The van der Waals surface area contributed by atoms with Gasteiger partial charge in [-0.3, -0.25) is 0 Å². The van der Waals surface area contributed by atoms with Crippen LogP contribution in [0.1, 0.15) is 5.56 Å². The van der Waals surface area contributed by atoms with Crippen LogP contribution in [0.15, 0.2) is 18.2 Å². The van der Waals surface area contributed by atoms with Gasteiger partial charge in [-0.05, 0) is 19.1 Å². The maximum atomic E-state index is 11.9. The van der Waals surface area contributed by atoms with Crippen LogP contribution in [-0.2, 0) is 0 Å². The Morgan fingerprint density at radius 3 is 2.62 bits per heavy atom. The zero-order valence-electron chi connectivity index (χ0n) is 7.47. The molecule has 72 valence electrons. The number of hydrogen-bond donors (Lipinski definition) is 1. The molecule has 1 rings (SSSR count). The summed E-state index contributed by atoms with van der Waals surface area (Å²) < 4.78 is 28.1. The van der Waals surface area contributed by atoms with Crippen LogP contribution in [0.25, 0.3) is 0 Å². The second-order valence-electron chi connectivity index (χ2n) is 2.56. The van der Waals surface area contributed by atoms with Crippen molar-refractivity contribution >= 4 is 5.69 Å². The minimum absolute atomic E-state index is 0.210. The largest absolute Gasteiger partial charge is 0.434 e. The summed E-state index contributed by atoms with van der Waals surface area (Å²) in [6.45, 7) is -1.05. The molecule has 0 aromatic heterocycles. The minimum atomic E-state index is -2.77. The van der Waals surface area contributed by atoms with Crippen molar-refractivity contribution in [3.05, 3.63) is 23.8 Å². The summed E-state index contributed by atoms with van der Waals surface area (Å²) >= 11 is 0. The summed E-state index contributed by atoms with van der Waals surface area (Å²) in [5.41, 5.74) is 1.48. The summed E-state index contributed by atoms with van der Waals surface area (Å²) in [4.78, 5) is 0. The van der Waals surface area contributed by atoms with E-state index in [4.69, 9.17) is 0 Å². The zero-order valence-corrected chi connectivity index (χ0v) is 7.47. The second kappa shape index (κ2) is 4.07. The Morgan fingerprint density at radius 2 is 2.08 bits per heavy atom. The van der Waals surface area contributed by atoms with Crippen LogP contribution in [0.3, 0.4) is 0 Å². The topological polar surface area (TPSA) is 21.3 Å². The van der Waals surface area contributed by atoms with Crippen molar-refractivity contribution in [2.24, 2.45) is 0 Å². The van der Waals surface area contributed by atoms with Crippen molar-refractivity contribution in [3.63, 3.8) is 0 Å². The Morgan fingerprint density at radius 1 is 1.38 bits per heavy atom. The SMILES string of the molecule is CNc1cccc(OC(F)F)c1C. The summed E-state index contributed by atoms with van der Waals surface area (Å²) in [6, 6.07) is 4.98. The number of nitrogens with one attached hydrogen (secondary N) is 1. The molecule has 0 atom stereocenters. The van der Waals surface area contributed by atoms with E-state index in [1.54, 1.807) is 26.1 Å². The third-order valence-electron chi connectivity index (χ3n) is 1.77. The molecule has 0 aliphatic carbocycles. The van der Waals surface area contributed by atoms with Gasteiger partial charge in [0.25, 0.3) is 0 Å².